The van der Waals surface area contributed by atoms with E-state index in [1.165, 1.54) is 4.31 Å². The van der Waals surface area contributed by atoms with E-state index in [1.807, 2.05) is 0 Å². The second kappa shape index (κ2) is 6.70. The fourth-order valence-electron chi connectivity index (χ4n) is 2.80. The van der Waals surface area contributed by atoms with E-state index in [2.05, 4.69) is 15.3 Å². The lowest BCUT2D eigenvalue weighted by Gasteiger charge is -2.32. The summed E-state index contributed by atoms with van der Waals surface area (Å²) in [6, 6.07) is 2.82. The third kappa shape index (κ3) is 3.62. The molecule has 1 fully saturated rings. The first-order chi connectivity index (χ1) is 11.4. The van der Waals surface area contributed by atoms with Crippen molar-refractivity contribution in [2.24, 2.45) is 0 Å². The van der Waals surface area contributed by atoms with Gasteiger partial charge >= 0.3 is 0 Å². The van der Waals surface area contributed by atoms with Gasteiger partial charge in [-0.2, -0.15) is 4.31 Å². The third-order valence-electron chi connectivity index (χ3n) is 3.97. The van der Waals surface area contributed by atoms with Crippen LogP contribution in [0.2, 0.25) is 0 Å². The Bertz CT molecular complexity index is 802. The van der Waals surface area contributed by atoms with Gasteiger partial charge in [0.25, 0.3) is 0 Å². The van der Waals surface area contributed by atoms with E-state index in [0.717, 1.165) is 19.1 Å². The number of piperidine rings is 1. The fourth-order valence-corrected chi connectivity index (χ4v) is 3.92. The topological polar surface area (TPSA) is 97.2 Å². The van der Waals surface area contributed by atoms with E-state index in [9.17, 15) is 13.2 Å². The van der Waals surface area contributed by atoms with E-state index < -0.39 is 16.1 Å². The molecule has 0 radical (unpaired) electrons. The monoisotopic (exact) mass is 349 g/mol. The minimum absolute atomic E-state index is 0.322. The number of nitrogens with zero attached hydrogens (tertiary/aromatic N) is 4. The van der Waals surface area contributed by atoms with Crippen LogP contribution >= 0.6 is 0 Å². The summed E-state index contributed by atoms with van der Waals surface area (Å²) >= 11 is 0. The summed E-state index contributed by atoms with van der Waals surface area (Å²) < 4.78 is 26.7. The lowest BCUT2D eigenvalue weighted by Crippen LogP contribution is -2.49. The molecule has 2 aromatic heterocycles. The lowest BCUT2D eigenvalue weighted by atomic mass is 10.0. The molecule has 128 valence electrons. The highest BCUT2D eigenvalue weighted by molar-refractivity contribution is 7.88. The van der Waals surface area contributed by atoms with E-state index in [4.69, 9.17) is 0 Å². The first-order valence-electron chi connectivity index (χ1n) is 7.67. The van der Waals surface area contributed by atoms with Crippen molar-refractivity contribution >= 4 is 21.6 Å². The molecular formula is C15H19N5O3S. The number of imidazole rings is 1. The number of aromatic nitrogens is 3. The van der Waals surface area contributed by atoms with Crippen LogP contribution in [-0.4, -0.2) is 52.0 Å². The first-order valence-corrected chi connectivity index (χ1v) is 9.52. The maximum absolute atomic E-state index is 12.5. The molecule has 2 aromatic rings. The van der Waals surface area contributed by atoms with Crippen LogP contribution < -0.4 is 5.32 Å². The molecule has 1 atom stereocenters. The second-order valence-corrected chi connectivity index (χ2v) is 7.68. The number of sulfonamides is 1. The fraction of sp³-hybridized carbons (Fsp3) is 0.400. The number of carbonyl (C=O) groups is 1. The smallest absolute Gasteiger partial charge is 0.242 e. The molecule has 3 rings (SSSR count). The van der Waals surface area contributed by atoms with Gasteiger partial charge in [0.05, 0.1) is 18.1 Å². The molecule has 1 saturated heterocycles. The summed E-state index contributed by atoms with van der Waals surface area (Å²) in [6.45, 7) is 0.384. The van der Waals surface area contributed by atoms with Gasteiger partial charge in [-0.05, 0) is 25.0 Å². The minimum Gasteiger partial charge on any atom is -0.323 e. The van der Waals surface area contributed by atoms with Crippen molar-refractivity contribution in [1.29, 1.82) is 0 Å². The number of rotatable bonds is 4. The number of carbonyl (C=O) groups excluding carboxylic acids is 1. The van der Waals surface area contributed by atoms with Crippen molar-refractivity contribution < 1.29 is 13.2 Å². The largest absolute Gasteiger partial charge is 0.323 e. The van der Waals surface area contributed by atoms with Gasteiger partial charge in [-0.15, -0.1) is 0 Å². The molecule has 3 heterocycles. The number of amides is 1. The van der Waals surface area contributed by atoms with Crippen molar-refractivity contribution in [3.05, 3.63) is 37.1 Å². The van der Waals surface area contributed by atoms with E-state index in [-0.39, 0.29) is 5.91 Å². The molecule has 0 spiro atoms. The predicted molar refractivity (Wildman–Crippen MR) is 89.2 cm³/mol. The average Bonchev–Trinajstić information content (AvgIpc) is 3.09. The second-order valence-electron chi connectivity index (χ2n) is 5.75. The Morgan fingerprint density at radius 3 is 2.79 bits per heavy atom. The summed E-state index contributed by atoms with van der Waals surface area (Å²) in [7, 11) is -3.40. The Morgan fingerprint density at radius 1 is 1.33 bits per heavy atom. The third-order valence-corrected chi connectivity index (χ3v) is 5.26. The van der Waals surface area contributed by atoms with Gasteiger partial charge in [-0.3, -0.25) is 9.36 Å². The average molecular weight is 349 g/mol. The summed E-state index contributed by atoms with van der Waals surface area (Å²) in [6.07, 6.45) is 9.87. The maximum atomic E-state index is 12.5. The maximum Gasteiger partial charge on any atom is 0.242 e. The highest BCUT2D eigenvalue weighted by Gasteiger charge is 2.34. The zero-order chi connectivity index (χ0) is 17.2. The Balaban J connectivity index is 1.72. The number of nitrogens with one attached hydrogen (secondary N) is 1. The summed E-state index contributed by atoms with van der Waals surface area (Å²) in [5.74, 6) is 0.359. The Labute approximate surface area is 140 Å². The number of anilines is 1. The van der Waals surface area contributed by atoms with E-state index >= 15 is 0 Å². The molecular weight excluding hydrogens is 330 g/mol. The minimum atomic E-state index is -3.40. The molecule has 1 amide bonds. The SMILES string of the molecule is CS(=O)(=O)N1CCCC[C@@H]1C(=O)Nc1ccc(-n2ccnc2)nc1. The van der Waals surface area contributed by atoms with E-state index in [1.54, 1.807) is 41.6 Å². The molecule has 0 saturated carbocycles. The van der Waals surface area contributed by atoms with Crippen LogP contribution in [0.5, 0.6) is 0 Å². The van der Waals surface area contributed by atoms with Crippen molar-refractivity contribution in [3.63, 3.8) is 0 Å². The highest BCUT2D eigenvalue weighted by Crippen LogP contribution is 2.21. The van der Waals surface area contributed by atoms with Crippen molar-refractivity contribution in [2.75, 3.05) is 18.1 Å². The van der Waals surface area contributed by atoms with Gasteiger partial charge in [0, 0.05) is 18.9 Å². The van der Waals surface area contributed by atoms with Crippen molar-refractivity contribution in [3.8, 4) is 5.82 Å². The predicted octanol–water partition coefficient (Wildman–Crippen LogP) is 1.02. The van der Waals surface area contributed by atoms with Crippen LogP contribution in [-0.2, 0) is 14.8 Å². The van der Waals surface area contributed by atoms with Crippen LogP contribution in [0.4, 0.5) is 5.69 Å². The Kier molecular flexibility index (Phi) is 4.63. The molecule has 24 heavy (non-hydrogen) atoms. The van der Waals surface area contributed by atoms with Gasteiger partial charge in [0.15, 0.2) is 0 Å². The molecule has 0 bridgehead atoms. The van der Waals surface area contributed by atoms with Gasteiger partial charge < -0.3 is 5.32 Å². The van der Waals surface area contributed by atoms with Gasteiger partial charge in [-0.1, -0.05) is 6.42 Å². The molecule has 8 nitrogen and oxygen atoms in total. The summed E-state index contributed by atoms with van der Waals surface area (Å²) in [5, 5.41) is 2.75. The number of hydrogen-bond donors (Lipinski definition) is 1. The number of pyridine rings is 1. The molecule has 1 aliphatic rings. The Morgan fingerprint density at radius 2 is 2.17 bits per heavy atom. The first kappa shape index (κ1) is 16.6. The zero-order valence-electron chi connectivity index (χ0n) is 13.3. The van der Waals surface area contributed by atoms with Gasteiger partial charge in [-0.25, -0.2) is 18.4 Å². The zero-order valence-corrected chi connectivity index (χ0v) is 14.1. The molecule has 1 aliphatic heterocycles. The summed E-state index contributed by atoms with van der Waals surface area (Å²) in [4.78, 5) is 20.7. The Hall–Kier alpha value is -2.26. The van der Waals surface area contributed by atoms with Gasteiger partial charge in [0.2, 0.25) is 15.9 Å². The van der Waals surface area contributed by atoms with Crippen LogP contribution in [0.15, 0.2) is 37.1 Å². The normalized spacial score (nSPS) is 19.1. The van der Waals surface area contributed by atoms with Crippen molar-refractivity contribution in [1.82, 2.24) is 18.8 Å². The molecule has 9 heteroatoms. The molecule has 1 N–H and O–H groups in total. The van der Waals surface area contributed by atoms with Crippen molar-refractivity contribution in [2.45, 2.75) is 25.3 Å². The summed E-state index contributed by atoms with van der Waals surface area (Å²) in [5.41, 5.74) is 0.530. The lowest BCUT2D eigenvalue weighted by molar-refractivity contribution is -0.120. The quantitative estimate of drug-likeness (QED) is 0.889. The highest BCUT2D eigenvalue weighted by atomic mass is 32.2. The molecule has 0 aliphatic carbocycles. The van der Waals surface area contributed by atoms with Gasteiger partial charge in [0.1, 0.15) is 18.2 Å². The number of hydrogen-bond acceptors (Lipinski definition) is 5. The molecule has 0 unspecified atom stereocenters. The van der Waals surface area contributed by atoms with Crippen LogP contribution in [0, 0.1) is 0 Å². The molecule has 0 aromatic carbocycles. The standard InChI is InChI=1S/C15H19N5O3S/c1-24(22,23)20-8-3-2-4-13(20)15(21)18-12-5-6-14(17-10-12)19-9-7-16-11-19/h5-7,9-11,13H,2-4,8H2,1H3,(H,18,21)/t13-/m1/s1. The van der Waals surface area contributed by atoms with E-state index in [0.29, 0.717) is 24.5 Å². The van der Waals surface area contributed by atoms with Crippen LogP contribution in [0.3, 0.4) is 0 Å². The van der Waals surface area contributed by atoms with Crippen LogP contribution in [0.25, 0.3) is 5.82 Å². The van der Waals surface area contributed by atoms with Crippen LogP contribution in [0.1, 0.15) is 19.3 Å².